The van der Waals surface area contributed by atoms with Gasteiger partial charge in [-0.1, -0.05) is 0 Å². The van der Waals surface area contributed by atoms with E-state index in [1.807, 2.05) is 0 Å². The van der Waals surface area contributed by atoms with Crippen LogP contribution in [0.4, 0.5) is 4.39 Å². The smallest absolute Gasteiger partial charge is 0.208 e. The van der Waals surface area contributed by atoms with Gasteiger partial charge in [0.15, 0.2) is 0 Å². The van der Waals surface area contributed by atoms with Gasteiger partial charge >= 0.3 is 0 Å². The number of halogens is 1. The molecule has 0 saturated carbocycles. The largest absolute Gasteiger partial charge is 0.315 e. The average molecular weight is 198 g/mol. The van der Waals surface area contributed by atoms with Crippen molar-refractivity contribution in [2.45, 2.75) is 6.42 Å². The molecule has 0 bridgehead atoms. The summed E-state index contributed by atoms with van der Waals surface area (Å²) in [4.78, 5) is 0. The lowest BCUT2D eigenvalue weighted by atomic mass is 10.4. The van der Waals surface area contributed by atoms with Gasteiger partial charge in [0.1, 0.15) is 0 Å². The van der Waals surface area contributed by atoms with Crippen molar-refractivity contribution in [3.63, 3.8) is 0 Å². The number of alkyl halides is 1. The second-order valence-electron chi connectivity index (χ2n) is 2.46. The Labute approximate surface area is 72.6 Å². The maximum Gasteiger partial charge on any atom is 0.208 e. The Kier molecular flexibility index (Phi) is 6.23. The summed E-state index contributed by atoms with van der Waals surface area (Å²) in [6.07, 6.45) is 1.58. The minimum atomic E-state index is -3.08. The van der Waals surface area contributed by atoms with Crippen LogP contribution in [0.3, 0.4) is 0 Å². The SMILES string of the molecule is CS(=O)(=O)NCCNCCCF. The molecule has 0 heterocycles. The molecule has 0 aromatic heterocycles. The van der Waals surface area contributed by atoms with Gasteiger partial charge in [0.2, 0.25) is 10.0 Å². The van der Waals surface area contributed by atoms with E-state index in [-0.39, 0.29) is 6.67 Å². The average Bonchev–Trinajstić information content (AvgIpc) is 1.94. The first-order valence-electron chi connectivity index (χ1n) is 3.77. The van der Waals surface area contributed by atoms with Gasteiger partial charge in [-0.15, -0.1) is 0 Å². The van der Waals surface area contributed by atoms with E-state index in [9.17, 15) is 12.8 Å². The first kappa shape index (κ1) is 11.8. The van der Waals surface area contributed by atoms with E-state index < -0.39 is 10.0 Å². The van der Waals surface area contributed by atoms with Crippen LogP contribution in [0, 0.1) is 0 Å². The Hall–Kier alpha value is -0.200. The van der Waals surface area contributed by atoms with Crippen molar-refractivity contribution in [1.29, 1.82) is 0 Å². The molecule has 0 fully saturated rings. The molecule has 6 heteroatoms. The summed E-state index contributed by atoms with van der Waals surface area (Å²) in [5.41, 5.74) is 0. The van der Waals surface area contributed by atoms with Crippen LogP contribution in [0.1, 0.15) is 6.42 Å². The molecule has 0 aliphatic carbocycles. The zero-order valence-corrected chi connectivity index (χ0v) is 7.95. The van der Waals surface area contributed by atoms with Gasteiger partial charge in [0.05, 0.1) is 12.9 Å². The van der Waals surface area contributed by atoms with Gasteiger partial charge in [-0.3, -0.25) is 4.39 Å². The van der Waals surface area contributed by atoms with E-state index in [1.54, 1.807) is 0 Å². The minimum Gasteiger partial charge on any atom is -0.315 e. The quantitative estimate of drug-likeness (QED) is 0.541. The highest BCUT2D eigenvalue weighted by Gasteiger charge is 1.97. The molecule has 0 amide bonds. The Morgan fingerprint density at radius 3 is 2.42 bits per heavy atom. The maximum absolute atomic E-state index is 11.5. The number of hydrogen-bond acceptors (Lipinski definition) is 3. The minimum absolute atomic E-state index is 0.341. The lowest BCUT2D eigenvalue weighted by molar-refractivity contribution is 0.459. The monoisotopic (exact) mass is 198 g/mol. The molecule has 12 heavy (non-hydrogen) atoms. The molecule has 0 atom stereocenters. The van der Waals surface area contributed by atoms with E-state index in [1.165, 1.54) is 0 Å². The van der Waals surface area contributed by atoms with Crippen LogP contribution < -0.4 is 10.0 Å². The maximum atomic E-state index is 11.5. The molecular formula is C6H15FN2O2S. The molecule has 0 aliphatic rings. The topological polar surface area (TPSA) is 58.2 Å². The zero-order valence-electron chi connectivity index (χ0n) is 7.14. The number of nitrogens with one attached hydrogen (secondary N) is 2. The number of hydrogen-bond donors (Lipinski definition) is 2. The van der Waals surface area contributed by atoms with Crippen molar-refractivity contribution in [2.75, 3.05) is 32.6 Å². The molecule has 0 saturated heterocycles. The van der Waals surface area contributed by atoms with Crippen molar-refractivity contribution in [1.82, 2.24) is 10.0 Å². The normalized spacial score (nSPS) is 11.8. The molecule has 0 radical (unpaired) electrons. The second kappa shape index (κ2) is 6.33. The summed E-state index contributed by atoms with van der Waals surface area (Å²) in [5, 5.41) is 2.89. The highest BCUT2D eigenvalue weighted by molar-refractivity contribution is 7.88. The molecule has 74 valence electrons. The van der Waals surface area contributed by atoms with Gasteiger partial charge in [-0.2, -0.15) is 0 Å². The van der Waals surface area contributed by atoms with E-state index in [0.717, 1.165) is 6.26 Å². The number of sulfonamides is 1. The fourth-order valence-corrected chi connectivity index (χ4v) is 1.11. The van der Waals surface area contributed by atoms with E-state index in [2.05, 4.69) is 10.0 Å². The predicted octanol–water partition coefficient (Wildman–Crippen LogP) is -0.515. The van der Waals surface area contributed by atoms with Crippen LogP contribution in [0.5, 0.6) is 0 Å². The Morgan fingerprint density at radius 2 is 1.92 bits per heavy atom. The summed E-state index contributed by atoms with van der Waals surface area (Å²) in [6.45, 7) is 1.13. The van der Waals surface area contributed by atoms with Crippen LogP contribution >= 0.6 is 0 Å². The molecule has 0 aromatic rings. The fourth-order valence-electron chi connectivity index (χ4n) is 0.642. The summed E-state index contributed by atoms with van der Waals surface area (Å²) in [5.74, 6) is 0. The first-order chi connectivity index (χ1) is 5.56. The molecule has 4 nitrogen and oxygen atoms in total. The summed E-state index contributed by atoms with van der Waals surface area (Å²) >= 11 is 0. The number of rotatable bonds is 7. The molecule has 0 aromatic carbocycles. The summed E-state index contributed by atoms with van der Waals surface area (Å²) in [7, 11) is -3.08. The van der Waals surface area contributed by atoms with Crippen molar-refractivity contribution >= 4 is 10.0 Å². The molecular weight excluding hydrogens is 183 g/mol. The molecule has 0 rings (SSSR count). The van der Waals surface area contributed by atoms with Crippen LogP contribution in [-0.4, -0.2) is 41.0 Å². The molecule has 0 spiro atoms. The Balaban J connectivity index is 3.12. The lowest BCUT2D eigenvalue weighted by Crippen LogP contribution is -2.31. The van der Waals surface area contributed by atoms with Gasteiger partial charge in [0, 0.05) is 13.1 Å². The molecule has 2 N–H and O–H groups in total. The van der Waals surface area contributed by atoms with E-state index in [0.29, 0.717) is 26.1 Å². The van der Waals surface area contributed by atoms with Crippen LogP contribution in [0.2, 0.25) is 0 Å². The third-order valence-corrected chi connectivity index (χ3v) is 1.88. The van der Waals surface area contributed by atoms with Crippen molar-refractivity contribution in [3.05, 3.63) is 0 Å². The fraction of sp³-hybridized carbons (Fsp3) is 1.00. The van der Waals surface area contributed by atoms with Crippen molar-refractivity contribution < 1.29 is 12.8 Å². The highest BCUT2D eigenvalue weighted by Crippen LogP contribution is 1.76. The lowest BCUT2D eigenvalue weighted by Gasteiger charge is -2.03. The van der Waals surface area contributed by atoms with Crippen LogP contribution in [-0.2, 0) is 10.0 Å². The van der Waals surface area contributed by atoms with Gasteiger partial charge in [-0.05, 0) is 13.0 Å². The third kappa shape index (κ3) is 9.80. The Bertz CT molecular complexity index is 194. The second-order valence-corrected chi connectivity index (χ2v) is 4.29. The standard InChI is InChI=1S/C6H15FN2O2S/c1-12(10,11)9-6-5-8-4-2-3-7/h8-9H,2-6H2,1H3. The molecule has 0 unspecified atom stereocenters. The summed E-state index contributed by atoms with van der Waals surface area (Å²) in [6, 6.07) is 0. The van der Waals surface area contributed by atoms with Gasteiger partial charge in [0.25, 0.3) is 0 Å². The Morgan fingerprint density at radius 1 is 1.25 bits per heavy atom. The zero-order chi connectivity index (χ0) is 9.45. The van der Waals surface area contributed by atoms with Gasteiger partial charge < -0.3 is 5.32 Å². The van der Waals surface area contributed by atoms with Crippen molar-refractivity contribution in [3.8, 4) is 0 Å². The van der Waals surface area contributed by atoms with Crippen LogP contribution in [0.15, 0.2) is 0 Å². The van der Waals surface area contributed by atoms with E-state index in [4.69, 9.17) is 0 Å². The van der Waals surface area contributed by atoms with Gasteiger partial charge in [-0.25, -0.2) is 13.1 Å². The van der Waals surface area contributed by atoms with Crippen LogP contribution in [0.25, 0.3) is 0 Å². The predicted molar refractivity (Wildman–Crippen MR) is 46.3 cm³/mol. The summed E-state index contributed by atoms with van der Waals surface area (Å²) < 4.78 is 34.9. The van der Waals surface area contributed by atoms with Crippen molar-refractivity contribution in [2.24, 2.45) is 0 Å². The highest BCUT2D eigenvalue weighted by atomic mass is 32.2. The first-order valence-corrected chi connectivity index (χ1v) is 5.67. The molecule has 0 aliphatic heterocycles. The third-order valence-electron chi connectivity index (χ3n) is 1.15. The van der Waals surface area contributed by atoms with E-state index >= 15 is 0 Å².